The highest BCUT2D eigenvalue weighted by atomic mass is 16.5. The molecular formula is C25H48O2. The number of carbonyl (C=O) groups excluding carboxylic acids is 1. The highest BCUT2D eigenvalue weighted by molar-refractivity contribution is 5.69. The number of ether oxygens (including phenoxy) is 1. The van der Waals surface area contributed by atoms with Gasteiger partial charge < -0.3 is 4.74 Å². The Balaban J connectivity index is 3.13. The van der Waals surface area contributed by atoms with Gasteiger partial charge in [-0.15, -0.1) is 6.58 Å². The number of rotatable bonds is 22. The molecule has 27 heavy (non-hydrogen) atoms. The van der Waals surface area contributed by atoms with Crippen LogP contribution in [-0.2, 0) is 9.53 Å². The molecule has 2 heteroatoms. The quantitative estimate of drug-likeness (QED) is 0.107. The number of hydrogen-bond acceptors (Lipinski definition) is 2. The van der Waals surface area contributed by atoms with Gasteiger partial charge in [-0.05, 0) is 25.7 Å². The summed E-state index contributed by atoms with van der Waals surface area (Å²) in [6.45, 7) is 6.64. The first-order valence-electron chi connectivity index (χ1n) is 12.1. The molecule has 0 aromatic heterocycles. The van der Waals surface area contributed by atoms with Crippen molar-refractivity contribution in [3.05, 3.63) is 12.7 Å². The number of esters is 1. The minimum absolute atomic E-state index is 0.00438. The second-order valence-corrected chi connectivity index (χ2v) is 8.06. The van der Waals surface area contributed by atoms with Crippen molar-refractivity contribution in [2.45, 2.75) is 135 Å². The van der Waals surface area contributed by atoms with Crippen molar-refractivity contribution >= 4 is 5.97 Å². The molecule has 0 fully saturated rings. The molecular weight excluding hydrogens is 332 g/mol. The second kappa shape index (κ2) is 23.2. The van der Waals surface area contributed by atoms with E-state index in [1.165, 1.54) is 96.3 Å². The zero-order valence-corrected chi connectivity index (χ0v) is 18.5. The molecule has 0 saturated heterocycles. The van der Waals surface area contributed by atoms with Crippen LogP contribution in [0.5, 0.6) is 0 Å². The summed E-state index contributed by atoms with van der Waals surface area (Å²) in [6.07, 6.45) is 27.0. The monoisotopic (exact) mass is 380 g/mol. The molecule has 0 unspecified atom stereocenters. The first kappa shape index (κ1) is 26.2. The highest BCUT2D eigenvalue weighted by Gasteiger charge is 2.02. The summed E-state index contributed by atoms with van der Waals surface area (Å²) in [6, 6.07) is 0. The molecule has 160 valence electrons. The molecule has 0 radical (unpaired) electrons. The van der Waals surface area contributed by atoms with E-state index in [0.717, 1.165) is 25.7 Å². The lowest BCUT2D eigenvalue weighted by Gasteiger charge is -2.05. The predicted molar refractivity (Wildman–Crippen MR) is 119 cm³/mol. The third kappa shape index (κ3) is 23.2. The van der Waals surface area contributed by atoms with Crippen LogP contribution in [0.1, 0.15) is 135 Å². The number of unbranched alkanes of at least 4 members (excludes halogenated alkanes) is 17. The van der Waals surface area contributed by atoms with Gasteiger partial charge in [-0.2, -0.15) is 0 Å². The van der Waals surface area contributed by atoms with E-state index in [4.69, 9.17) is 4.74 Å². The van der Waals surface area contributed by atoms with E-state index in [1.54, 1.807) is 0 Å². The molecule has 0 aliphatic rings. The van der Waals surface area contributed by atoms with E-state index in [9.17, 15) is 4.79 Å². The van der Waals surface area contributed by atoms with Crippen LogP contribution < -0.4 is 0 Å². The van der Waals surface area contributed by atoms with E-state index >= 15 is 0 Å². The zero-order chi connectivity index (χ0) is 19.8. The molecule has 0 heterocycles. The molecule has 0 aromatic rings. The van der Waals surface area contributed by atoms with Crippen LogP contribution in [0.15, 0.2) is 12.7 Å². The lowest BCUT2D eigenvalue weighted by molar-refractivity contribution is -0.143. The van der Waals surface area contributed by atoms with Gasteiger partial charge in [0.05, 0.1) is 6.61 Å². The first-order valence-corrected chi connectivity index (χ1v) is 12.1. The fraction of sp³-hybridized carbons (Fsp3) is 0.880. The van der Waals surface area contributed by atoms with Crippen LogP contribution in [0.25, 0.3) is 0 Å². The van der Waals surface area contributed by atoms with E-state index in [-0.39, 0.29) is 5.97 Å². The zero-order valence-electron chi connectivity index (χ0n) is 18.5. The standard InChI is InChI=1S/C25H48O2/c1-3-5-7-9-11-13-14-15-16-18-20-22-24-27-25(26)23-21-19-17-12-10-8-6-4-2/h4H,2-3,5-24H2,1H3. The Morgan fingerprint density at radius 3 is 1.63 bits per heavy atom. The van der Waals surface area contributed by atoms with Crippen molar-refractivity contribution < 1.29 is 9.53 Å². The second-order valence-electron chi connectivity index (χ2n) is 8.06. The van der Waals surface area contributed by atoms with Crippen LogP contribution in [0.4, 0.5) is 0 Å². The van der Waals surface area contributed by atoms with Gasteiger partial charge in [0.15, 0.2) is 0 Å². The van der Waals surface area contributed by atoms with Crippen LogP contribution >= 0.6 is 0 Å². The van der Waals surface area contributed by atoms with Gasteiger partial charge in [0, 0.05) is 6.42 Å². The average Bonchev–Trinajstić information content (AvgIpc) is 2.67. The van der Waals surface area contributed by atoms with Crippen molar-refractivity contribution in [2.75, 3.05) is 6.61 Å². The molecule has 0 aliphatic heterocycles. The molecule has 0 aliphatic carbocycles. The molecule has 0 spiro atoms. The molecule has 0 amide bonds. The third-order valence-electron chi connectivity index (χ3n) is 5.30. The van der Waals surface area contributed by atoms with E-state index < -0.39 is 0 Å². The van der Waals surface area contributed by atoms with E-state index in [2.05, 4.69) is 13.5 Å². The van der Waals surface area contributed by atoms with Crippen molar-refractivity contribution in [3.8, 4) is 0 Å². The lowest BCUT2D eigenvalue weighted by Crippen LogP contribution is -2.05. The number of carbonyl (C=O) groups is 1. The molecule has 0 N–H and O–H groups in total. The molecule has 2 nitrogen and oxygen atoms in total. The van der Waals surface area contributed by atoms with Gasteiger partial charge in [-0.1, -0.05) is 109 Å². The van der Waals surface area contributed by atoms with E-state index in [0.29, 0.717) is 13.0 Å². The topological polar surface area (TPSA) is 26.3 Å². The Kier molecular flexibility index (Phi) is 22.6. The lowest BCUT2D eigenvalue weighted by atomic mass is 10.1. The first-order chi connectivity index (χ1) is 13.3. The Bertz CT molecular complexity index is 311. The molecule has 0 bridgehead atoms. The Morgan fingerprint density at radius 1 is 0.667 bits per heavy atom. The largest absolute Gasteiger partial charge is 0.466 e. The summed E-state index contributed by atoms with van der Waals surface area (Å²) in [5.41, 5.74) is 0. The third-order valence-corrected chi connectivity index (χ3v) is 5.30. The predicted octanol–water partition coefficient (Wildman–Crippen LogP) is 8.54. The maximum atomic E-state index is 11.7. The van der Waals surface area contributed by atoms with Crippen LogP contribution in [0.3, 0.4) is 0 Å². The molecule has 0 saturated carbocycles. The summed E-state index contributed by atoms with van der Waals surface area (Å²) >= 11 is 0. The summed E-state index contributed by atoms with van der Waals surface area (Å²) in [4.78, 5) is 11.7. The van der Waals surface area contributed by atoms with Crippen LogP contribution in [0.2, 0.25) is 0 Å². The van der Waals surface area contributed by atoms with Gasteiger partial charge >= 0.3 is 5.97 Å². The minimum Gasteiger partial charge on any atom is -0.466 e. The minimum atomic E-state index is 0.00438. The van der Waals surface area contributed by atoms with Gasteiger partial charge in [-0.25, -0.2) is 0 Å². The average molecular weight is 381 g/mol. The number of hydrogen-bond donors (Lipinski definition) is 0. The van der Waals surface area contributed by atoms with Crippen LogP contribution in [0, 0.1) is 0 Å². The Hall–Kier alpha value is -0.790. The normalized spacial score (nSPS) is 10.9. The SMILES string of the molecule is C=CCCCCCCCCC(=O)OCCCCCCCCCCCCCC. The van der Waals surface area contributed by atoms with Gasteiger partial charge in [0.2, 0.25) is 0 Å². The van der Waals surface area contributed by atoms with Gasteiger partial charge in [0.25, 0.3) is 0 Å². The van der Waals surface area contributed by atoms with Crippen molar-refractivity contribution in [1.82, 2.24) is 0 Å². The summed E-state index contributed by atoms with van der Waals surface area (Å²) in [5.74, 6) is 0.00438. The molecule has 0 aromatic carbocycles. The Labute approximate surface area is 170 Å². The van der Waals surface area contributed by atoms with Gasteiger partial charge in [0.1, 0.15) is 0 Å². The summed E-state index contributed by atoms with van der Waals surface area (Å²) in [5, 5.41) is 0. The number of allylic oxidation sites excluding steroid dienone is 1. The summed E-state index contributed by atoms with van der Waals surface area (Å²) in [7, 11) is 0. The van der Waals surface area contributed by atoms with Crippen molar-refractivity contribution in [2.24, 2.45) is 0 Å². The summed E-state index contributed by atoms with van der Waals surface area (Å²) < 4.78 is 5.34. The van der Waals surface area contributed by atoms with Crippen molar-refractivity contribution in [1.29, 1.82) is 0 Å². The maximum Gasteiger partial charge on any atom is 0.305 e. The molecule has 0 rings (SSSR count). The smallest absolute Gasteiger partial charge is 0.305 e. The highest BCUT2D eigenvalue weighted by Crippen LogP contribution is 2.12. The van der Waals surface area contributed by atoms with Gasteiger partial charge in [-0.3, -0.25) is 4.79 Å². The maximum absolute atomic E-state index is 11.7. The fourth-order valence-electron chi connectivity index (χ4n) is 3.47. The van der Waals surface area contributed by atoms with Crippen LogP contribution in [-0.4, -0.2) is 12.6 Å². The van der Waals surface area contributed by atoms with Crippen molar-refractivity contribution in [3.63, 3.8) is 0 Å². The van der Waals surface area contributed by atoms with E-state index in [1.807, 2.05) is 6.08 Å². The molecule has 0 atom stereocenters. The fourth-order valence-corrected chi connectivity index (χ4v) is 3.47. The Morgan fingerprint density at radius 2 is 1.11 bits per heavy atom.